The molecule has 0 fully saturated rings. The third-order valence-electron chi connectivity index (χ3n) is 1.63. The molecule has 15 heavy (non-hydrogen) atoms. The standard InChI is InChI=1S/C11H11NO3/c1-15-11(13)7-8-12(14)9-10-5-3-2-4-6-10/h2-9H,1H3/b8-7+,12-9-. The summed E-state index contributed by atoms with van der Waals surface area (Å²) in [6, 6.07) is 9.08. The highest BCUT2D eigenvalue weighted by Gasteiger charge is 1.94. The maximum absolute atomic E-state index is 11.2. The third-order valence-corrected chi connectivity index (χ3v) is 1.63. The number of methoxy groups -OCH3 is 1. The van der Waals surface area contributed by atoms with E-state index in [0.29, 0.717) is 4.74 Å². The van der Waals surface area contributed by atoms with Gasteiger partial charge in [-0.1, -0.05) is 18.2 Å². The molecule has 4 nitrogen and oxygen atoms in total. The minimum absolute atomic E-state index is 0.548. The van der Waals surface area contributed by atoms with Gasteiger partial charge < -0.3 is 9.94 Å². The molecule has 0 unspecified atom stereocenters. The van der Waals surface area contributed by atoms with E-state index in [0.717, 1.165) is 17.8 Å². The van der Waals surface area contributed by atoms with Gasteiger partial charge in [-0.25, -0.2) is 4.79 Å². The van der Waals surface area contributed by atoms with E-state index in [9.17, 15) is 10.0 Å². The molecule has 0 saturated heterocycles. The number of esters is 1. The van der Waals surface area contributed by atoms with Gasteiger partial charge in [0.15, 0.2) is 12.4 Å². The van der Waals surface area contributed by atoms with E-state index in [1.807, 2.05) is 18.2 Å². The van der Waals surface area contributed by atoms with Crippen LogP contribution in [0.2, 0.25) is 0 Å². The number of nitrogens with zero attached hydrogens (tertiary/aromatic N) is 1. The first-order chi connectivity index (χ1) is 7.22. The van der Waals surface area contributed by atoms with Crippen LogP contribution < -0.4 is 0 Å². The van der Waals surface area contributed by atoms with Gasteiger partial charge in [-0.05, 0) is 12.1 Å². The Morgan fingerprint density at radius 1 is 1.40 bits per heavy atom. The molecule has 0 aliphatic rings. The zero-order valence-electron chi connectivity index (χ0n) is 8.29. The molecule has 0 bridgehead atoms. The normalized spacial score (nSPS) is 11.7. The van der Waals surface area contributed by atoms with Crippen LogP contribution in [0.25, 0.3) is 0 Å². The summed E-state index contributed by atoms with van der Waals surface area (Å²) in [6.45, 7) is 0. The van der Waals surface area contributed by atoms with E-state index in [-0.39, 0.29) is 0 Å². The lowest BCUT2D eigenvalue weighted by Gasteiger charge is -1.96. The van der Waals surface area contributed by atoms with Gasteiger partial charge in [-0.15, -0.1) is 0 Å². The fraction of sp³-hybridized carbons (Fsp3) is 0.0909. The van der Waals surface area contributed by atoms with E-state index in [4.69, 9.17) is 0 Å². The zero-order valence-corrected chi connectivity index (χ0v) is 8.29. The molecule has 1 rings (SSSR count). The van der Waals surface area contributed by atoms with Crippen LogP contribution in [0.3, 0.4) is 0 Å². The molecule has 0 saturated carbocycles. The summed E-state index contributed by atoms with van der Waals surface area (Å²) in [7, 11) is 1.25. The molecule has 78 valence electrons. The summed E-state index contributed by atoms with van der Waals surface area (Å²) in [5.41, 5.74) is 0.766. The Labute approximate surface area is 87.7 Å². The van der Waals surface area contributed by atoms with Gasteiger partial charge in [0.05, 0.1) is 13.2 Å². The van der Waals surface area contributed by atoms with Crippen molar-refractivity contribution in [1.29, 1.82) is 0 Å². The molecular weight excluding hydrogens is 194 g/mol. The van der Waals surface area contributed by atoms with Crippen molar-refractivity contribution in [3.8, 4) is 0 Å². The minimum Gasteiger partial charge on any atom is -0.619 e. The van der Waals surface area contributed by atoms with Crippen molar-refractivity contribution < 1.29 is 14.3 Å². The SMILES string of the molecule is COC(=O)/C=C/[N+]([O-])=C/c1ccccc1. The van der Waals surface area contributed by atoms with Crippen molar-refractivity contribution in [1.82, 2.24) is 0 Å². The van der Waals surface area contributed by atoms with Gasteiger partial charge >= 0.3 is 5.97 Å². The monoisotopic (exact) mass is 205 g/mol. The Morgan fingerprint density at radius 3 is 2.67 bits per heavy atom. The Bertz CT molecular complexity index is 382. The van der Waals surface area contributed by atoms with Gasteiger partial charge in [0.2, 0.25) is 0 Å². The first-order valence-electron chi connectivity index (χ1n) is 4.34. The van der Waals surface area contributed by atoms with Crippen LogP contribution in [0.1, 0.15) is 5.56 Å². The number of hydrogen-bond acceptors (Lipinski definition) is 3. The first-order valence-corrected chi connectivity index (χ1v) is 4.34. The van der Waals surface area contributed by atoms with Crippen LogP contribution >= 0.6 is 0 Å². The van der Waals surface area contributed by atoms with Crippen molar-refractivity contribution in [2.45, 2.75) is 0 Å². The molecule has 0 aromatic heterocycles. The smallest absolute Gasteiger partial charge is 0.336 e. The lowest BCUT2D eigenvalue weighted by atomic mass is 10.2. The van der Waals surface area contributed by atoms with Crippen molar-refractivity contribution >= 4 is 12.2 Å². The van der Waals surface area contributed by atoms with Crippen molar-refractivity contribution in [3.05, 3.63) is 53.4 Å². The highest BCUT2D eigenvalue weighted by atomic mass is 16.5. The Hall–Kier alpha value is -2.10. The van der Waals surface area contributed by atoms with Crippen LogP contribution in [-0.2, 0) is 9.53 Å². The van der Waals surface area contributed by atoms with Crippen LogP contribution in [0, 0.1) is 5.21 Å². The number of carbonyl (C=O) groups is 1. The third kappa shape index (κ3) is 4.08. The highest BCUT2D eigenvalue weighted by molar-refractivity contribution is 5.81. The number of hydrogen-bond donors (Lipinski definition) is 0. The molecule has 0 aliphatic heterocycles. The van der Waals surface area contributed by atoms with Gasteiger partial charge in [0, 0.05) is 5.56 Å². The average Bonchev–Trinajstić information content (AvgIpc) is 2.27. The van der Waals surface area contributed by atoms with Crippen molar-refractivity contribution in [3.63, 3.8) is 0 Å². The van der Waals surface area contributed by atoms with Gasteiger partial charge in [0.1, 0.15) is 0 Å². The van der Waals surface area contributed by atoms with Crippen molar-refractivity contribution in [2.24, 2.45) is 0 Å². The second kappa shape index (κ2) is 5.59. The summed E-state index contributed by atoms with van der Waals surface area (Å²) < 4.78 is 4.89. The molecular formula is C11H11NO3. The first kappa shape index (κ1) is 11.0. The molecule has 1 aromatic rings. The van der Waals surface area contributed by atoms with Gasteiger partial charge in [-0.3, -0.25) is 0 Å². The number of hydroxylamine groups is 1. The van der Waals surface area contributed by atoms with Gasteiger partial charge in [0.25, 0.3) is 0 Å². The number of ether oxygens (including phenoxy) is 1. The Kier molecular flexibility index (Phi) is 4.09. The number of carbonyl (C=O) groups excluding carboxylic acids is 1. The van der Waals surface area contributed by atoms with Crippen LogP contribution in [-0.4, -0.2) is 24.0 Å². The predicted molar refractivity (Wildman–Crippen MR) is 56.4 cm³/mol. The maximum atomic E-state index is 11.2. The van der Waals surface area contributed by atoms with Crippen LogP contribution in [0.15, 0.2) is 42.6 Å². The molecule has 0 aliphatic carbocycles. The zero-order chi connectivity index (χ0) is 11.1. The lowest BCUT2D eigenvalue weighted by Crippen LogP contribution is -2.00. The Morgan fingerprint density at radius 2 is 2.07 bits per heavy atom. The second-order valence-corrected chi connectivity index (χ2v) is 2.74. The second-order valence-electron chi connectivity index (χ2n) is 2.74. The molecule has 0 radical (unpaired) electrons. The fourth-order valence-corrected chi connectivity index (χ4v) is 0.931. The van der Waals surface area contributed by atoms with E-state index in [1.54, 1.807) is 12.1 Å². The maximum Gasteiger partial charge on any atom is 0.336 e. The van der Waals surface area contributed by atoms with E-state index in [1.165, 1.54) is 13.3 Å². The average molecular weight is 205 g/mol. The van der Waals surface area contributed by atoms with Crippen molar-refractivity contribution in [2.75, 3.05) is 7.11 Å². The lowest BCUT2D eigenvalue weighted by molar-refractivity contribution is -0.372. The Balaban J connectivity index is 2.69. The number of benzene rings is 1. The summed E-state index contributed by atoms with van der Waals surface area (Å²) in [5, 5.41) is 11.2. The summed E-state index contributed by atoms with van der Waals surface area (Å²) in [5.74, 6) is -0.558. The minimum atomic E-state index is -0.558. The number of rotatable bonds is 3. The predicted octanol–water partition coefficient (Wildman–Crippen LogP) is 1.30. The summed E-state index contributed by atoms with van der Waals surface area (Å²) >= 11 is 0. The summed E-state index contributed by atoms with van der Waals surface area (Å²) in [6.07, 6.45) is 3.52. The highest BCUT2D eigenvalue weighted by Crippen LogP contribution is 1.94. The van der Waals surface area contributed by atoms with Crippen LogP contribution in [0.5, 0.6) is 0 Å². The molecule has 4 heteroatoms. The van der Waals surface area contributed by atoms with Gasteiger partial charge in [-0.2, -0.15) is 4.74 Å². The fourth-order valence-electron chi connectivity index (χ4n) is 0.931. The van der Waals surface area contributed by atoms with E-state index >= 15 is 0 Å². The topological polar surface area (TPSA) is 52.4 Å². The summed E-state index contributed by atoms with van der Waals surface area (Å²) in [4.78, 5) is 10.7. The molecule has 0 amide bonds. The molecule has 0 N–H and O–H groups in total. The van der Waals surface area contributed by atoms with E-state index < -0.39 is 5.97 Å². The molecule has 0 heterocycles. The van der Waals surface area contributed by atoms with Crippen LogP contribution in [0.4, 0.5) is 0 Å². The molecule has 0 spiro atoms. The van der Waals surface area contributed by atoms with E-state index in [2.05, 4.69) is 4.74 Å². The quantitative estimate of drug-likeness (QED) is 0.187. The largest absolute Gasteiger partial charge is 0.619 e. The molecule has 0 atom stereocenters. The molecule has 1 aromatic carbocycles.